The molecule has 0 bridgehead atoms. The number of carbonyl (C=O) groups excluding carboxylic acids is 2. The van der Waals surface area contributed by atoms with Gasteiger partial charge in [0.15, 0.2) is 6.61 Å². The van der Waals surface area contributed by atoms with Crippen molar-refractivity contribution in [2.45, 2.75) is 73.0 Å². The van der Waals surface area contributed by atoms with Crippen molar-refractivity contribution < 1.29 is 14.3 Å². The number of nitrogens with one attached hydrogen (secondary N) is 1. The summed E-state index contributed by atoms with van der Waals surface area (Å²) in [7, 11) is 0. The first kappa shape index (κ1) is 25.7. The Kier molecular flexibility index (Phi) is 9.58. The minimum Gasteiger partial charge on any atom is -0.484 e. The second-order valence-electron chi connectivity index (χ2n) is 8.41. The summed E-state index contributed by atoms with van der Waals surface area (Å²) >= 11 is 6.24. The SMILES string of the molecule is CC[C@@H](C)NC(=O)[C@H](CC)N(Cc1ccc(C)cc1)C(=O)COc1cc(C)c(Cl)c(C)c1. The largest absolute Gasteiger partial charge is 0.484 e. The molecule has 0 saturated heterocycles. The van der Waals surface area contributed by atoms with E-state index in [0.29, 0.717) is 23.7 Å². The van der Waals surface area contributed by atoms with Gasteiger partial charge in [-0.2, -0.15) is 0 Å². The van der Waals surface area contributed by atoms with E-state index in [9.17, 15) is 9.59 Å². The molecule has 2 aromatic rings. The van der Waals surface area contributed by atoms with E-state index >= 15 is 0 Å². The minimum atomic E-state index is -0.574. The Bertz CT molecular complexity index is 904. The Hall–Kier alpha value is -2.53. The van der Waals surface area contributed by atoms with Crippen LogP contribution in [0.15, 0.2) is 36.4 Å². The molecule has 2 atom stereocenters. The predicted molar refractivity (Wildman–Crippen MR) is 130 cm³/mol. The van der Waals surface area contributed by atoms with Gasteiger partial charge in [-0.1, -0.05) is 55.3 Å². The summed E-state index contributed by atoms with van der Waals surface area (Å²) in [5.74, 6) is 0.215. The zero-order chi connectivity index (χ0) is 23.8. The van der Waals surface area contributed by atoms with Crippen LogP contribution in [0.4, 0.5) is 0 Å². The molecule has 0 heterocycles. The Morgan fingerprint density at radius 3 is 2.16 bits per heavy atom. The fourth-order valence-corrected chi connectivity index (χ4v) is 3.58. The van der Waals surface area contributed by atoms with E-state index in [0.717, 1.165) is 28.7 Å². The molecule has 0 aliphatic heterocycles. The number of benzene rings is 2. The van der Waals surface area contributed by atoms with Gasteiger partial charge in [-0.3, -0.25) is 9.59 Å². The number of hydrogen-bond donors (Lipinski definition) is 1. The van der Waals surface area contributed by atoms with Gasteiger partial charge in [-0.05, 0) is 69.4 Å². The number of carbonyl (C=O) groups is 2. The van der Waals surface area contributed by atoms with Crippen molar-refractivity contribution in [3.63, 3.8) is 0 Å². The number of ether oxygens (including phenoxy) is 1. The Labute approximate surface area is 197 Å². The van der Waals surface area contributed by atoms with Crippen LogP contribution >= 0.6 is 11.6 Å². The summed E-state index contributed by atoms with van der Waals surface area (Å²) in [6.45, 7) is 11.9. The molecule has 0 unspecified atom stereocenters. The highest BCUT2D eigenvalue weighted by Crippen LogP contribution is 2.26. The summed E-state index contributed by atoms with van der Waals surface area (Å²) in [5, 5.41) is 3.71. The molecule has 2 aromatic carbocycles. The maximum absolute atomic E-state index is 13.3. The van der Waals surface area contributed by atoms with Gasteiger partial charge >= 0.3 is 0 Å². The summed E-state index contributed by atoms with van der Waals surface area (Å²) in [6, 6.07) is 11.1. The number of nitrogens with zero attached hydrogens (tertiary/aromatic N) is 1. The molecule has 0 aliphatic rings. The predicted octanol–water partition coefficient (Wildman–Crippen LogP) is 5.37. The van der Waals surface area contributed by atoms with E-state index < -0.39 is 6.04 Å². The average Bonchev–Trinajstić information content (AvgIpc) is 2.76. The van der Waals surface area contributed by atoms with Crippen molar-refractivity contribution in [3.8, 4) is 5.75 Å². The molecule has 0 aliphatic carbocycles. The third-order valence-corrected chi connectivity index (χ3v) is 6.23. The van der Waals surface area contributed by atoms with Crippen LogP contribution < -0.4 is 10.1 Å². The van der Waals surface area contributed by atoms with Gasteiger partial charge < -0.3 is 15.0 Å². The van der Waals surface area contributed by atoms with Gasteiger partial charge in [-0.25, -0.2) is 0 Å². The number of rotatable bonds is 10. The lowest BCUT2D eigenvalue weighted by Gasteiger charge is -2.31. The van der Waals surface area contributed by atoms with Gasteiger partial charge in [0, 0.05) is 17.6 Å². The third kappa shape index (κ3) is 6.99. The van der Waals surface area contributed by atoms with Crippen LogP contribution in [-0.2, 0) is 16.1 Å². The van der Waals surface area contributed by atoms with Crippen LogP contribution in [0.1, 0.15) is 55.9 Å². The molecule has 174 valence electrons. The lowest BCUT2D eigenvalue weighted by molar-refractivity contribution is -0.143. The van der Waals surface area contributed by atoms with Gasteiger partial charge in [0.25, 0.3) is 5.91 Å². The molecule has 2 amide bonds. The van der Waals surface area contributed by atoms with E-state index in [-0.39, 0.29) is 24.5 Å². The van der Waals surface area contributed by atoms with Crippen LogP contribution in [0.25, 0.3) is 0 Å². The van der Waals surface area contributed by atoms with Gasteiger partial charge in [0.05, 0.1) is 0 Å². The van der Waals surface area contributed by atoms with Crippen molar-refractivity contribution in [2.24, 2.45) is 0 Å². The number of hydrogen-bond acceptors (Lipinski definition) is 3. The monoisotopic (exact) mass is 458 g/mol. The Morgan fingerprint density at radius 1 is 1.03 bits per heavy atom. The van der Waals surface area contributed by atoms with Crippen molar-refractivity contribution in [3.05, 3.63) is 63.7 Å². The van der Waals surface area contributed by atoms with E-state index in [2.05, 4.69) is 5.32 Å². The molecule has 2 rings (SSSR count). The Morgan fingerprint density at radius 2 is 1.62 bits per heavy atom. The highest BCUT2D eigenvalue weighted by atomic mass is 35.5. The summed E-state index contributed by atoms with van der Waals surface area (Å²) in [5.41, 5.74) is 3.90. The number of amides is 2. The van der Waals surface area contributed by atoms with Gasteiger partial charge in [0.2, 0.25) is 5.91 Å². The molecule has 0 fully saturated rings. The fraction of sp³-hybridized carbons (Fsp3) is 0.462. The van der Waals surface area contributed by atoms with Crippen molar-refractivity contribution in [1.29, 1.82) is 0 Å². The van der Waals surface area contributed by atoms with Crippen LogP contribution in [0.2, 0.25) is 5.02 Å². The van der Waals surface area contributed by atoms with E-state index in [1.165, 1.54) is 0 Å². The highest BCUT2D eigenvalue weighted by molar-refractivity contribution is 6.32. The molecule has 0 radical (unpaired) electrons. The van der Waals surface area contributed by atoms with E-state index in [1.807, 2.05) is 77.9 Å². The minimum absolute atomic E-state index is 0.0455. The van der Waals surface area contributed by atoms with Crippen molar-refractivity contribution in [1.82, 2.24) is 10.2 Å². The first-order valence-corrected chi connectivity index (χ1v) is 11.6. The highest BCUT2D eigenvalue weighted by Gasteiger charge is 2.29. The van der Waals surface area contributed by atoms with E-state index in [1.54, 1.807) is 4.90 Å². The zero-order valence-corrected chi connectivity index (χ0v) is 20.8. The van der Waals surface area contributed by atoms with Crippen LogP contribution in [0.3, 0.4) is 0 Å². The normalized spacial score (nSPS) is 12.7. The molecule has 0 aromatic heterocycles. The van der Waals surface area contributed by atoms with Crippen LogP contribution in [0.5, 0.6) is 5.75 Å². The first-order valence-electron chi connectivity index (χ1n) is 11.2. The molecular formula is C26H35ClN2O3. The molecule has 0 spiro atoms. The molecule has 1 N–H and O–H groups in total. The van der Waals surface area contributed by atoms with Crippen LogP contribution in [0, 0.1) is 20.8 Å². The maximum Gasteiger partial charge on any atom is 0.261 e. The van der Waals surface area contributed by atoms with Gasteiger partial charge in [-0.15, -0.1) is 0 Å². The number of aryl methyl sites for hydroxylation is 3. The standard InChI is InChI=1S/C26H35ClN2O3/c1-7-20(6)28-26(31)23(8-2)29(15-21-11-9-17(3)10-12-21)24(30)16-32-22-13-18(4)25(27)19(5)14-22/h9-14,20,23H,7-8,15-16H2,1-6H3,(H,28,31)/t20-,23+/m1/s1. The summed E-state index contributed by atoms with van der Waals surface area (Å²) in [6.07, 6.45) is 1.34. The van der Waals surface area contributed by atoms with Crippen molar-refractivity contribution >= 4 is 23.4 Å². The topological polar surface area (TPSA) is 58.6 Å². The van der Waals surface area contributed by atoms with Crippen LogP contribution in [-0.4, -0.2) is 35.4 Å². The molecule has 0 saturated carbocycles. The fourth-order valence-electron chi connectivity index (χ4n) is 3.47. The summed E-state index contributed by atoms with van der Waals surface area (Å²) in [4.78, 5) is 27.9. The first-order chi connectivity index (χ1) is 15.2. The molecular weight excluding hydrogens is 424 g/mol. The molecule has 5 nitrogen and oxygen atoms in total. The molecule has 32 heavy (non-hydrogen) atoms. The lowest BCUT2D eigenvalue weighted by Crippen LogP contribution is -2.51. The Balaban J connectivity index is 2.24. The lowest BCUT2D eigenvalue weighted by atomic mass is 10.1. The zero-order valence-electron chi connectivity index (χ0n) is 20.0. The third-order valence-electron chi connectivity index (χ3n) is 5.63. The molecule has 6 heteroatoms. The van der Waals surface area contributed by atoms with Gasteiger partial charge in [0.1, 0.15) is 11.8 Å². The summed E-state index contributed by atoms with van der Waals surface area (Å²) < 4.78 is 5.82. The quantitative estimate of drug-likeness (QED) is 0.521. The average molecular weight is 459 g/mol. The van der Waals surface area contributed by atoms with E-state index in [4.69, 9.17) is 16.3 Å². The second kappa shape index (κ2) is 11.9. The van der Waals surface area contributed by atoms with Crippen molar-refractivity contribution in [2.75, 3.05) is 6.61 Å². The second-order valence-corrected chi connectivity index (χ2v) is 8.79. The number of halogens is 1. The maximum atomic E-state index is 13.3. The smallest absolute Gasteiger partial charge is 0.261 e.